The maximum atomic E-state index is 12.2. The van der Waals surface area contributed by atoms with Crippen LogP contribution in [0.5, 0.6) is 0 Å². The third-order valence-corrected chi connectivity index (χ3v) is 3.14. The van der Waals surface area contributed by atoms with Crippen molar-refractivity contribution < 1.29 is 19.1 Å². The van der Waals surface area contributed by atoms with Crippen LogP contribution in [0.2, 0.25) is 0 Å². The molecule has 3 N–H and O–H groups in total. The SMILES string of the molecule is CC(C)(C)OC(=O)[C@H](CCCCN)NC(=O)OCc1ccccc1.Cl. The lowest BCUT2D eigenvalue weighted by atomic mass is 10.1. The number of hydrogen-bond acceptors (Lipinski definition) is 5. The lowest BCUT2D eigenvalue weighted by Crippen LogP contribution is -2.44. The molecular weight excluding hydrogens is 344 g/mol. The van der Waals surface area contributed by atoms with Gasteiger partial charge in [-0.3, -0.25) is 0 Å². The van der Waals surface area contributed by atoms with E-state index in [0.717, 1.165) is 18.4 Å². The Bertz CT molecular complexity index is 518. The van der Waals surface area contributed by atoms with Crippen LogP contribution in [-0.2, 0) is 20.9 Å². The molecule has 0 fully saturated rings. The van der Waals surface area contributed by atoms with E-state index in [0.29, 0.717) is 13.0 Å². The summed E-state index contributed by atoms with van der Waals surface area (Å²) in [5, 5.41) is 2.59. The molecule has 25 heavy (non-hydrogen) atoms. The Balaban J connectivity index is 0.00000576. The number of unbranched alkanes of at least 4 members (excludes halogenated alkanes) is 1. The van der Waals surface area contributed by atoms with E-state index in [4.69, 9.17) is 15.2 Å². The quantitative estimate of drug-likeness (QED) is 0.540. The molecular formula is C18H29ClN2O4. The Morgan fingerprint density at radius 3 is 2.36 bits per heavy atom. The summed E-state index contributed by atoms with van der Waals surface area (Å²) in [4.78, 5) is 24.2. The minimum Gasteiger partial charge on any atom is -0.458 e. The highest BCUT2D eigenvalue weighted by Crippen LogP contribution is 2.12. The zero-order chi connectivity index (χ0) is 18.0. The smallest absolute Gasteiger partial charge is 0.408 e. The highest BCUT2D eigenvalue weighted by molar-refractivity contribution is 5.85. The average Bonchev–Trinajstić information content (AvgIpc) is 2.51. The molecule has 142 valence electrons. The standard InChI is InChI=1S/C18H28N2O4.ClH/c1-18(2,3)24-16(21)15(11-7-8-12-19)20-17(22)23-13-14-9-5-4-6-10-14;/h4-6,9-10,15H,7-8,11-13,19H2,1-3H3,(H,20,22);1H/t15-;/m0./s1. The molecule has 0 spiro atoms. The van der Waals surface area contributed by atoms with E-state index in [2.05, 4.69) is 5.32 Å². The molecule has 0 aliphatic carbocycles. The van der Waals surface area contributed by atoms with Crippen molar-refractivity contribution in [1.29, 1.82) is 0 Å². The first-order valence-electron chi connectivity index (χ1n) is 8.22. The van der Waals surface area contributed by atoms with Crippen LogP contribution >= 0.6 is 12.4 Å². The molecule has 0 bridgehead atoms. The van der Waals surface area contributed by atoms with Gasteiger partial charge in [-0.2, -0.15) is 0 Å². The van der Waals surface area contributed by atoms with Crippen molar-refractivity contribution >= 4 is 24.5 Å². The van der Waals surface area contributed by atoms with Gasteiger partial charge in [0.2, 0.25) is 0 Å². The monoisotopic (exact) mass is 372 g/mol. The molecule has 0 heterocycles. The zero-order valence-corrected chi connectivity index (χ0v) is 15.9. The van der Waals surface area contributed by atoms with Gasteiger partial charge in [0.1, 0.15) is 18.2 Å². The van der Waals surface area contributed by atoms with Crippen LogP contribution in [0.1, 0.15) is 45.6 Å². The predicted octanol–water partition coefficient (Wildman–Crippen LogP) is 3.17. The van der Waals surface area contributed by atoms with E-state index in [1.165, 1.54) is 0 Å². The van der Waals surface area contributed by atoms with Crippen LogP contribution in [-0.4, -0.2) is 30.3 Å². The van der Waals surface area contributed by atoms with Crippen LogP contribution in [0.3, 0.4) is 0 Å². The second kappa shape index (κ2) is 11.7. The van der Waals surface area contributed by atoms with Crippen molar-refractivity contribution in [2.45, 2.75) is 58.3 Å². The number of alkyl carbamates (subject to hydrolysis) is 1. The molecule has 0 radical (unpaired) electrons. The van der Waals surface area contributed by atoms with Gasteiger partial charge in [-0.1, -0.05) is 30.3 Å². The largest absolute Gasteiger partial charge is 0.458 e. The zero-order valence-electron chi connectivity index (χ0n) is 15.1. The molecule has 0 aliphatic rings. The van der Waals surface area contributed by atoms with Gasteiger partial charge in [0.25, 0.3) is 0 Å². The van der Waals surface area contributed by atoms with Crippen molar-refractivity contribution in [1.82, 2.24) is 5.32 Å². The first-order valence-corrected chi connectivity index (χ1v) is 8.22. The Kier molecular flexibility index (Phi) is 10.9. The maximum Gasteiger partial charge on any atom is 0.408 e. The third kappa shape index (κ3) is 10.6. The highest BCUT2D eigenvalue weighted by Gasteiger charge is 2.26. The van der Waals surface area contributed by atoms with Crippen molar-refractivity contribution in [3.05, 3.63) is 35.9 Å². The van der Waals surface area contributed by atoms with Crippen LogP contribution < -0.4 is 11.1 Å². The van der Waals surface area contributed by atoms with Gasteiger partial charge < -0.3 is 20.5 Å². The van der Waals surface area contributed by atoms with E-state index in [9.17, 15) is 9.59 Å². The van der Waals surface area contributed by atoms with Gasteiger partial charge in [-0.05, 0) is 52.1 Å². The normalized spacial score (nSPS) is 11.8. The van der Waals surface area contributed by atoms with Crippen LogP contribution in [0.25, 0.3) is 0 Å². The molecule has 1 amide bonds. The number of hydrogen-bond donors (Lipinski definition) is 2. The second-order valence-corrected chi connectivity index (χ2v) is 6.58. The van der Waals surface area contributed by atoms with Gasteiger partial charge in [0.15, 0.2) is 0 Å². The minimum absolute atomic E-state index is 0. The number of amides is 1. The highest BCUT2D eigenvalue weighted by atomic mass is 35.5. The number of nitrogens with two attached hydrogens (primary N) is 1. The number of benzene rings is 1. The number of nitrogens with one attached hydrogen (secondary N) is 1. The molecule has 1 aromatic rings. The van der Waals surface area contributed by atoms with Gasteiger partial charge in [0.05, 0.1) is 0 Å². The number of rotatable bonds is 8. The number of esters is 1. The third-order valence-electron chi connectivity index (χ3n) is 3.14. The summed E-state index contributed by atoms with van der Waals surface area (Å²) < 4.78 is 10.5. The first kappa shape index (κ1) is 23.2. The van der Waals surface area contributed by atoms with E-state index in [1.54, 1.807) is 20.8 Å². The summed E-state index contributed by atoms with van der Waals surface area (Å²) in [6.07, 6.45) is 1.33. The Morgan fingerprint density at radius 2 is 1.80 bits per heavy atom. The topological polar surface area (TPSA) is 90.6 Å². The van der Waals surface area contributed by atoms with E-state index >= 15 is 0 Å². The lowest BCUT2D eigenvalue weighted by Gasteiger charge is -2.24. The van der Waals surface area contributed by atoms with Crippen LogP contribution in [0.4, 0.5) is 4.79 Å². The van der Waals surface area contributed by atoms with Gasteiger partial charge >= 0.3 is 12.1 Å². The number of halogens is 1. The average molecular weight is 373 g/mol. The molecule has 0 aliphatic heterocycles. The van der Waals surface area contributed by atoms with Crippen LogP contribution in [0.15, 0.2) is 30.3 Å². The van der Waals surface area contributed by atoms with Crippen LogP contribution in [0, 0.1) is 0 Å². The minimum atomic E-state index is -0.737. The van der Waals surface area contributed by atoms with Gasteiger partial charge in [-0.25, -0.2) is 9.59 Å². The fourth-order valence-electron chi connectivity index (χ4n) is 2.02. The molecule has 1 atom stereocenters. The molecule has 1 rings (SSSR count). The fourth-order valence-corrected chi connectivity index (χ4v) is 2.02. The summed E-state index contributed by atoms with van der Waals surface area (Å²) in [5.41, 5.74) is 5.74. The van der Waals surface area contributed by atoms with Crippen molar-refractivity contribution in [3.8, 4) is 0 Å². The van der Waals surface area contributed by atoms with Crippen molar-refractivity contribution in [3.63, 3.8) is 0 Å². The Hall–Kier alpha value is -1.79. The Labute approximate surface area is 155 Å². The summed E-state index contributed by atoms with van der Waals surface area (Å²) in [6, 6.07) is 8.61. The number of carbonyl (C=O) groups is 2. The van der Waals surface area contributed by atoms with E-state index < -0.39 is 23.7 Å². The molecule has 0 saturated carbocycles. The van der Waals surface area contributed by atoms with Crippen molar-refractivity contribution in [2.24, 2.45) is 5.73 Å². The molecule has 0 unspecified atom stereocenters. The van der Waals surface area contributed by atoms with E-state index in [1.807, 2.05) is 30.3 Å². The van der Waals surface area contributed by atoms with E-state index in [-0.39, 0.29) is 19.0 Å². The number of ether oxygens (including phenoxy) is 2. The molecule has 0 saturated heterocycles. The molecule has 6 nitrogen and oxygen atoms in total. The van der Waals surface area contributed by atoms with Gasteiger partial charge in [-0.15, -0.1) is 12.4 Å². The maximum absolute atomic E-state index is 12.2. The lowest BCUT2D eigenvalue weighted by molar-refractivity contribution is -0.157. The summed E-state index contributed by atoms with van der Waals surface area (Å²) >= 11 is 0. The molecule has 1 aromatic carbocycles. The molecule has 7 heteroatoms. The number of carbonyl (C=O) groups excluding carboxylic acids is 2. The summed E-state index contributed by atoms with van der Waals surface area (Å²) in [6.45, 7) is 6.05. The Morgan fingerprint density at radius 1 is 1.16 bits per heavy atom. The second-order valence-electron chi connectivity index (χ2n) is 6.58. The first-order chi connectivity index (χ1) is 11.3. The summed E-state index contributed by atoms with van der Waals surface area (Å²) in [5.74, 6) is -0.462. The predicted molar refractivity (Wildman–Crippen MR) is 99.5 cm³/mol. The molecule has 0 aromatic heterocycles. The van der Waals surface area contributed by atoms with Gasteiger partial charge in [0, 0.05) is 0 Å². The fraction of sp³-hybridized carbons (Fsp3) is 0.556. The summed E-state index contributed by atoms with van der Waals surface area (Å²) in [7, 11) is 0. The van der Waals surface area contributed by atoms with Crippen molar-refractivity contribution in [2.75, 3.05) is 6.54 Å².